The van der Waals surface area contributed by atoms with Crippen molar-refractivity contribution in [3.05, 3.63) is 66.2 Å². The molecule has 2 aromatic carbocycles. The van der Waals surface area contributed by atoms with E-state index < -0.39 is 0 Å². The topological polar surface area (TPSA) is 70.8 Å². The molecule has 0 atom stereocenters. The number of carbonyl (C=O) groups is 1. The van der Waals surface area contributed by atoms with Crippen molar-refractivity contribution in [2.75, 3.05) is 45.7 Å². The number of benzene rings is 2. The van der Waals surface area contributed by atoms with E-state index in [1.54, 1.807) is 13.3 Å². The summed E-state index contributed by atoms with van der Waals surface area (Å²) in [5.41, 5.74) is 2.99. The van der Waals surface area contributed by atoms with Gasteiger partial charge in [-0.25, -0.2) is 4.98 Å². The molecule has 3 aromatic rings. The molecule has 7 heteroatoms. The van der Waals surface area contributed by atoms with Gasteiger partial charge in [-0.3, -0.25) is 9.69 Å². The predicted molar refractivity (Wildman–Crippen MR) is 125 cm³/mol. The first-order chi connectivity index (χ1) is 15.6. The van der Waals surface area contributed by atoms with Crippen LogP contribution in [0.5, 0.6) is 5.75 Å². The van der Waals surface area contributed by atoms with E-state index in [9.17, 15) is 4.79 Å². The van der Waals surface area contributed by atoms with E-state index in [-0.39, 0.29) is 5.91 Å². The van der Waals surface area contributed by atoms with Gasteiger partial charge >= 0.3 is 0 Å². The number of aryl methyl sites for hydroxylation is 1. The number of likely N-dealkylation sites (N-methyl/N-ethyl adjacent to an activating group) is 1. The van der Waals surface area contributed by atoms with Crippen molar-refractivity contribution in [1.29, 1.82) is 0 Å². The maximum atomic E-state index is 12.4. The van der Waals surface area contributed by atoms with Gasteiger partial charge in [-0.2, -0.15) is 0 Å². The Hall–Kier alpha value is -3.16. The third-order valence-electron chi connectivity index (χ3n) is 5.73. The van der Waals surface area contributed by atoms with Crippen LogP contribution in [0.1, 0.15) is 17.9 Å². The van der Waals surface area contributed by atoms with E-state index in [1.165, 1.54) is 5.56 Å². The molecule has 1 fully saturated rings. The van der Waals surface area contributed by atoms with Crippen molar-refractivity contribution < 1.29 is 13.9 Å². The number of methoxy groups -OCH3 is 1. The van der Waals surface area contributed by atoms with Crippen molar-refractivity contribution in [3.63, 3.8) is 0 Å². The smallest absolute Gasteiger partial charge is 0.224 e. The highest BCUT2D eigenvalue weighted by molar-refractivity contribution is 5.90. The van der Waals surface area contributed by atoms with E-state index in [2.05, 4.69) is 39.3 Å². The van der Waals surface area contributed by atoms with Crippen LogP contribution in [0.25, 0.3) is 11.3 Å². The quantitative estimate of drug-likeness (QED) is 0.583. The average Bonchev–Trinajstić information content (AvgIpc) is 3.30. The van der Waals surface area contributed by atoms with E-state index in [0.717, 1.165) is 49.7 Å². The van der Waals surface area contributed by atoms with Gasteiger partial charge in [-0.05, 0) is 49.0 Å². The molecule has 0 radical (unpaired) electrons. The number of rotatable bonds is 8. The second kappa shape index (κ2) is 10.4. The lowest BCUT2D eigenvalue weighted by Gasteiger charge is -2.32. The number of nitrogens with zero attached hydrogens (tertiary/aromatic N) is 3. The summed E-state index contributed by atoms with van der Waals surface area (Å²) in [6.45, 7) is 5.36. The highest BCUT2D eigenvalue weighted by atomic mass is 16.5. The molecule has 0 bridgehead atoms. The standard InChI is InChI=1S/C25H30N4O3/c1-28-13-15-29(16-14-28)18-19-3-7-21(8-4-19)27-24(30)11-12-25-26-17-23(32-25)20-5-9-22(31-2)10-6-20/h3-10,17H,11-16,18H2,1-2H3,(H,27,30). The molecule has 4 rings (SSSR count). The maximum Gasteiger partial charge on any atom is 0.224 e. The van der Waals surface area contributed by atoms with Crippen LogP contribution >= 0.6 is 0 Å². The SMILES string of the molecule is COc1ccc(-c2cnc(CCC(=O)Nc3ccc(CN4CCN(C)CC4)cc3)o2)cc1. The van der Waals surface area contributed by atoms with Crippen LogP contribution in [0.4, 0.5) is 5.69 Å². The van der Waals surface area contributed by atoms with Gasteiger partial charge in [0.15, 0.2) is 11.7 Å². The minimum Gasteiger partial charge on any atom is -0.497 e. The molecule has 1 N–H and O–H groups in total. The molecule has 0 spiro atoms. The number of aromatic nitrogens is 1. The van der Waals surface area contributed by atoms with Gasteiger partial charge in [-0.15, -0.1) is 0 Å². The second-order valence-corrected chi connectivity index (χ2v) is 8.17. The zero-order chi connectivity index (χ0) is 22.3. The second-order valence-electron chi connectivity index (χ2n) is 8.17. The molecule has 168 valence electrons. The summed E-state index contributed by atoms with van der Waals surface area (Å²) in [5, 5.41) is 2.96. The lowest BCUT2D eigenvalue weighted by molar-refractivity contribution is -0.116. The van der Waals surface area contributed by atoms with Crippen molar-refractivity contribution in [1.82, 2.24) is 14.8 Å². The van der Waals surface area contributed by atoms with Crippen LogP contribution in [-0.4, -0.2) is 61.0 Å². The number of piperazine rings is 1. The molecule has 1 aliphatic rings. The molecular formula is C25H30N4O3. The Morgan fingerprint density at radius 1 is 1.06 bits per heavy atom. The van der Waals surface area contributed by atoms with Crippen LogP contribution in [0, 0.1) is 0 Å². The number of anilines is 1. The highest BCUT2D eigenvalue weighted by Crippen LogP contribution is 2.23. The molecule has 1 saturated heterocycles. The van der Waals surface area contributed by atoms with Crippen LogP contribution in [0.15, 0.2) is 59.1 Å². The van der Waals surface area contributed by atoms with Gasteiger partial charge in [0, 0.05) is 56.8 Å². The molecule has 0 aliphatic carbocycles. The minimum absolute atomic E-state index is 0.0546. The normalized spacial score (nSPS) is 14.9. The van der Waals surface area contributed by atoms with E-state index in [1.807, 2.05) is 36.4 Å². The third-order valence-corrected chi connectivity index (χ3v) is 5.73. The maximum absolute atomic E-state index is 12.4. The Morgan fingerprint density at radius 3 is 2.47 bits per heavy atom. The van der Waals surface area contributed by atoms with Gasteiger partial charge in [0.2, 0.25) is 5.91 Å². The summed E-state index contributed by atoms with van der Waals surface area (Å²) in [6, 6.07) is 15.7. The molecule has 0 unspecified atom stereocenters. The summed E-state index contributed by atoms with van der Waals surface area (Å²) < 4.78 is 11.0. The lowest BCUT2D eigenvalue weighted by Crippen LogP contribution is -2.43. The van der Waals surface area contributed by atoms with Crippen LogP contribution < -0.4 is 10.1 Å². The minimum atomic E-state index is -0.0546. The van der Waals surface area contributed by atoms with E-state index >= 15 is 0 Å². The van der Waals surface area contributed by atoms with Crippen LogP contribution in [0.2, 0.25) is 0 Å². The summed E-state index contributed by atoms with van der Waals surface area (Å²) in [5.74, 6) is 1.96. The monoisotopic (exact) mass is 434 g/mol. The zero-order valence-electron chi connectivity index (χ0n) is 18.7. The van der Waals surface area contributed by atoms with Crippen molar-refractivity contribution in [2.45, 2.75) is 19.4 Å². The molecule has 1 aliphatic heterocycles. The fourth-order valence-corrected chi connectivity index (χ4v) is 3.72. The number of oxazole rings is 1. The molecular weight excluding hydrogens is 404 g/mol. The number of carbonyl (C=O) groups excluding carboxylic acids is 1. The molecule has 1 aromatic heterocycles. The number of ether oxygens (including phenoxy) is 1. The predicted octanol–water partition coefficient (Wildman–Crippen LogP) is 3.67. The van der Waals surface area contributed by atoms with Gasteiger partial charge in [-0.1, -0.05) is 12.1 Å². The zero-order valence-corrected chi connectivity index (χ0v) is 18.7. The Balaban J connectivity index is 1.24. The number of hydrogen-bond acceptors (Lipinski definition) is 6. The molecule has 2 heterocycles. The van der Waals surface area contributed by atoms with Crippen molar-refractivity contribution in [3.8, 4) is 17.1 Å². The summed E-state index contributed by atoms with van der Waals surface area (Å²) in [4.78, 5) is 21.5. The average molecular weight is 435 g/mol. The van der Waals surface area contributed by atoms with Gasteiger partial charge in [0.1, 0.15) is 5.75 Å². The van der Waals surface area contributed by atoms with Crippen molar-refractivity contribution in [2.24, 2.45) is 0 Å². The van der Waals surface area contributed by atoms with Crippen molar-refractivity contribution >= 4 is 11.6 Å². The van der Waals surface area contributed by atoms with Gasteiger partial charge in [0.05, 0.1) is 13.3 Å². The van der Waals surface area contributed by atoms with Crippen LogP contribution in [0.3, 0.4) is 0 Å². The number of hydrogen-bond donors (Lipinski definition) is 1. The third kappa shape index (κ3) is 5.96. The first kappa shape index (κ1) is 22.0. The molecule has 0 saturated carbocycles. The summed E-state index contributed by atoms with van der Waals surface area (Å²) >= 11 is 0. The van der Waals surface area contributed by atoms with Crippen LogP contribution in [-0.2, 0) is 17.8 Å². The van der Waals surface area contributed by atoms with E-state index in [4.69, 9.17) is 9.15 Å². The Kier molecular flexibility index (Phi) is 7.19. The van der Waals surface area contributed by atoms with Gasteiger partial charge < -0.3 is 19.4 Å². The fourth-order valence-electron chi connectivity index (χ4n) is 3.72. The fraction of sp³-hybridized carbons (Fsp3) is 0.360. The van der Waals surface area contributed by atoms with E-state index in [0.29, 0.717) is 24.5 Å². The number of nitrogens with one attached hydrogen (secondary N) is 1. The lowest BCUT2D eigenvalue weighted by atomic mass is 10.1. The Morgan fingerprint density at radius 2 is 1.78 bits per heavy atom. The first-order valence-corrected chi connectivity index (χ1v) is 11.0. The highest BCUT2D eigenvalue weighted by Gasteiger charge is 2.14. The van der Waals surface area contributed by atoms with Gasteiger partial charge in [0.25, 0.3) is 0 Å². The molecule has 32 heavy (non-hydrogen) atoms. The summed E-state index contributed by atoms with van der Waals surface area (Å²) in [6.07, 6.45) is 2.45. The Bertz CT molecular complexity index is 1010. The molecule has 1 amide bonds. The molecule has 7 nitrogen and oxygen atoms in total. The largest absolute Gasteiger partial charge is 0.497 e. The number of amides is 1. The Labute approximate surface area is 189 Å². The first-order valence-electron chi connectivity index (χ1n) is 11.0. The summed E-state index contributed by atoms with van der Waals surface area (Å²) in [7, 11) is 3.80.